The quantitative estimate of drug-likeness (QED) is 0.538. The van der Waals surface area contributed by atoms with Crippen LogP contribution < -0.4 is 0 Å². The maximum Gasteiger partial charge on any atom is 0.230 e. The highest BCUT2D eigenvalue weighted by molar-refractivity contribution is 5.80. The fourth-order valence-electron chi connectivity index (χ4n) is 1.52. The molecule has 2 saturated heterocycles. The lowest BCUT2D eigenvalue weighted by Gasteiger charge is -2.41. The van der Waals surface area contributed by atoms with Gasteiger partial charge in [-0.1, -0.05) is 6.92 Å². The number of carbonyl (C=O) groups excluding carboxylic acids is 1. The number of rotatable bonds is 1. The highest BCUT2D eigenvalue weighted by Crippen LogP contribution is 2.20. The summed E-state index contributed by atoms with van der Waals surface area (Å²) >= 11 is 0. The summed E-state index contributed by atoms with van der Waals surface area (Å²) in [5.41, 5.74) is 0. The van der Waals surface area contributed by atoms with E-state index < -0.39 is 0 Å². The van der Waals surface area contributed by atoms with Gasteiger partial charge < -0.3 is 9.64 Å². The summed E-state index contributed by atoms with van der Waals surface area (Å²) in [5.74, 6) is 1.19. The van der Waals surface area contributed by atoms with Crippen LogP contribution >= 0.6 is 0 Å². The molecular weight excluding hydrogens is 142 g/mol. The molecular formula is C8H13NO2. The van der Waals surface area contributed by atoms with Crippen molar-refractivity contribution in [3.63, 3.8) is 0 Å². The van der Waals surface area contributed by atoms with E-state index in [0.29, 0.717) is 25.0 Å². The summed E-state index contributed by atoms with van der Waals surface area (Å²) in [6.45, 7) is 5.36. The van der Waals surface area contributed by atoms with Gasteiger partial charge in [0.2, 0.25) is 5.91 Å². The molecule has 11 heavy (non-hydrogen) atoms. The molecule has 1 amide bonds. The van der Waals surface area contributed by atoms with Crippen molar-refractivity contribution < 1.29 is 9.53 Å². The minimum atomic E-state index is 0.183. The zero-order chi connectivity index (χ0) is 7.84. The molecule has 0 radical (unpaired) electrons. The van der Waals surface area contributed by atoms with E-state index in [-0.39, 0.29) is 5.92 Å². The smallest absolute Gasteiger partial charge is 0.230 e. The minimum absolute atomic E-state index is 0.183. The minimum Gasteiger partial charge on any atom is -0.380 e. The summed E-state index contributed by atoms with van der Waals surface area (Å²) < 4.78 is 4.95. The lowest BCUT2D eigenvalue weighted by atomic mass is 9.98. The first-order valence-corrected chi connectivity index (χ1v) is 4.14. The third-order valence-corrected chi connectivity index (χ3v) is 2.36. The summed E-state index contributed by atoms with van der Waals surface area (Å²) in [6, 6.07) is 0. The van der Waals surface area contributed by atoms with Crippen LogP contribution in [0.4, 0.5) is 0 Å². The van der Waals surface area contributed by atoms with Gasteiger partial charge in [0.15, 0.2) is 0 Å². The molecule has 0 bridgehead atoms. The van der Waals surface area contributed by atoms with Crippen LogP contribution in [0.3, 0.4) is 0 Å². The van der Waals surface area contributed by atoms with Crippen molar-refractivity contribution in [2.45, 2.75) is 6.92 Å². The van der Waals surface area contributed by atoms with Gasteiger partial charge in [0.05, 0.1) is 19.1 Å². The molecule has 0 N–H and O–H groups in total. The Kier molecular flexibility index (Phi) is 1.60. The van der Waals surface area contributed by atoms with Crippen LogP contribution in [0, 0.1) is 11.8 Å². The molecule has 3 heteroatoms. The van der Waals surface area contributed by atoms with Crippen LogP contribution in [-0.2, 0) is 9.53 Å². The number of carbonyl (C=O) groups is 1. The van der Waals surface area contributed by atoms with E-state index in [0.717, 1.165) is 13.1 Å². The fraction of sp³-hybridized carbons (Fsp3) is 0.875. The molecule has 2 heterocycles. The topological polar surface area (TPSA) is 29.5 Å². The average molecular weight is 155 g/mol. The van der Waals surface area contributed by atoms with Crippen molar-refractivity contribution in [2.24, 2.45) is 11.8 Å². The second-order valence-electron chi connectivity index (χ2n) is 3.58. The first kappa shape index (κ1) is 7.10. The summed E-state index contributed by atoms with van der Waals surface area (Å²) in [6.07, 6.45) is 0. The van der Waals surface area contributed by atoms with E-state index in [1.165, 1.54) is 0 Å². The van der Waals surface area contributed by atoms with Gasteiger partial charge in [-0.2, -0.15) is 0 Å². The van der Waals surface area contributed by atoms with Gasteiger partial charge in [-0.25, -0.2) is 0 Å². The maximum absolute atomic E-state index is 11.4. The Balaban J connectivity index is 1.81. The molecule has 0 aromatic rings. The third kappa shape index (κ3) is 1.13. The molecule has 2 aliphatic heterocycles. The van der Waals surface area contributed by atoms with E-state index in [1.807, 2.05) is 4.90 Å². The SMILES string of the molecule is CC1CN(C(=O)C2COC2)C1. The normalized spacial score (nSPS) is 26.1. The van der Waals surface area contributed by atoms with Gasteiger partial charge in [0.25, 0.3) is 0 Å². The molecule has 0 unspecified atom stereocenters. The fourth-order valence-corrected chi connectivity index (χ4v) is 1.52. The number of likely N-dealkylation sites (tertiary alicyclic amines) is 1. The van der Waals surface area contributed by atoms with Gasteiger partial charge in [-0.15, -0.1) is 0 Å². The Labute approximate surface area is 66.3 Å². The zero-order valence-electron chi connectivity index (χ0n) is 6.75. The highest BCUT2D eigenvalue weighted by atomic mass is 16.5. The van der Waals surface area contributed by atoms with Crippen LogP contribution in [-0.4, -0.2) is 37.1 Å². The number of hydrogen-bond acceptors (Lipinski definition) is 2. The molecule has 3 nitrogen and oxygen atoms in total. The van der Waals surface area contributed by atoms with Gasteiger partial charge in [-0.3, -0.25) is 4.79 Å². The maximum atomic E-state index is 11.4. The number of ether oxygens (including phenoxy) is 1. The van der Waals surface area contributed by atoms with Gasteiger partial charge in [-0.05, 0) is 5.92 Å². The van der Waals surface area contributed by atoms with Crippen molar-refractivity contribution in [1.82, 2.24) is 4.90 Å². The van der Waals surface area contributed by atoms with E-state index in [4.69, 9.17) is 4.74 Å². The predicted octanol–water partition coefficient (Wildman–Crippen LogP) is 0.111. The lowest BCUT2D eigenvalue weighted by molar-refractivity contribution is -0.155. The van der Waals surface area contributed by atoms with Crippen LogP contribution in [0.25, 0.3) is 0 Å². The molecule has 0 aliphatic carbocycles. The van der Waals surface area contributed by atoms with Crippen molar-refractivity contribution in [1.29, 1.82) is 0 Å². The average Bonchev–Trinajstić information content (AvgIpc) is 1.76. The van der Waals surface area contributed by atoms with Gasteiger partial charge >= 0.3 is 0 Å². The second kappa shape index (κ2) is 2.48. The van der Waals surface area contributed by atoms with E-state index in [2.05, 4.69) is 6.92 Å². The Bertz CT molecular complexity index is 171. The zero-order valence-corrected chi connectivity index (χ0v) is 6.75. The molecule has 2 fully saturated rings. The van der Waals surface area contributed by atoms with E-state index in [9.17, 15) is 4.79 Å². The molecule has 0 aromatic heterocycles. The molecule has 0 saturated carbocycles. The van der Waals surface area contributed by atoms with E-state index in [1.54, 1.807) is 0 Å². The molecule has 0 aromatic carbocycles. The molecule has 0 spiro atoms. The molecule has 2 rings (SSSR count). The summed E-state index contributed by atoms with van der Waals surface area (Å²) in [4.78, 5) is 13.3. The van der Waals surface area contributed by atoms with Crippen molar-refractivity contribution in [2.75, 3.05) is 26.3 Å². The van der Waals surface area contributed by atoms with Crippen LogP contribution in [0.5, 0.6) is 0 Å². The van der Waals surface area contributed by atoms with Crippen LogP contribution in [0.15, 0.2) is 0 Å². The third-order valence-electron chi connectivity index (χ3n) is 2.36. The van der Waals surface area contributed by atoms with E-state index >= 15 is 0 Å². The first-order valence-electron chi connectivity index (χ1n) is 4.14. The Morgan fingerprint density at radius 3 is 2.45 bits per heavy atom. The predicted molar refractivity (Wildman–Crippen MR) is 40.1 cm³/mol. The highest BCUT2D eigenvalue weighted by Gasteiger charge is 2.35. The van der Waals surface area contributed by atoms with Crippen molar-refractivity contribution >= 4 is 5.91 Å². The Morgan fingerprint density at radius 1 is 1.45 bits per heavy atom. The van der Waals surface area contributed by atoms with Gasteiger partial charge in [0.1, 0.15) is 0 Å². The summed E-state index contributed by atoms with van der Waals surface area (Å²) in [7, 11) is 0. The first-order chi connectivity index (χ1) is 5.27. The molecule has 0 atom stereocenters. The summed E-state index contributed by atoms with van der Waals surface area (Å²) in [5, 5.41) is 0. The lowest BCUT2D eigenvalue weighted by Crippen LogP contribution is -2.54. The number of amides is 1. The molecule has 62 valence electrons. The van der Waals surface area contributed by atoms with Crippen molar-refractivity contribution in [3.05, 3.63) is 0 Å². The van der Waals surface area contributed by atoms with Crippen LogP contribution in [0.1, 0.15) is 6.92 Å². The number of hydrogen-bond donors (Lipinski definition) is 0. The monoisotopic (exact) mass is 155 g/mol. The Hall–Kier alpha value is -0.570. The largest absolute Gasteiger partial charge is 0.380 e. The van der Waals surface area contributed by atoms with Crippen LogP contribution in [0.2, 0.25) is 0 Å². The standard InChI is InChI=1S/C8H13NO2/c1-6-2-9(3-6)8(10)7-4-11-5-7/h6-7H,2-5H2,1H3. The Morgan fingerprint density at radius 2 is 2.09 bits per heavy atom. The number of nitrogens with zero attached hydrogens (tertiary/aromatic N) is 1. The molecule has 2 aliphatic rings. The van der Waals surface area contributed by atoms with Gasteiger partial charge in [0, 0.05) is 13.1 Å². The van der Waals surface area contributed by atoms with Crippen molar-refractivity contribution in [3.8, 4) is 0 Å². The second-order valence-corrected chi connectivity index (χ2v) is 3.58.